The molecule has 0 bridgehead atoms. The predicted octanol–water partition coefficient (Wildman–Crippen LogP) is 3.64. The molecule has 6 heteroatoms. The molecule has 0 spiro atoms. The quantitative estimate of drug-likeness (QED) is 0.804. The molecular formula is C19H22N2O4. The Balaban J connectivity index is 1.50. The molecule has 1 aliphatic rings. The largest absolute Gasteiger partial charge is 0.489 e. The smallest absolute Gasteiger partial charge is 0.231 e. The van der Waals surface area contributed by atoms with E-state index < -0.39 is 0 Å². The lowest BCUT2D eigenvalue weighted by molar-refractivity contribution is -0.116. The van der Waals surface area contributed by atoms with Gasteiger partial charge in [0.1, 0.15) is 5.75 Å². The van der Waals surface area contributed by atoms with Crippen LogP contribution in [0.25, 0.3) is 0 Å². The summed E-state index contributed by atoms with van der Waals surface area (Å²) in [5.74, 6) is 2.06. The summed E-state index contributed by atoms with van der Waals surface area (Å²) in [6.45, 7) is 4.67. The van der Waals surface area contributed by atoms with Crippen molar-refractivity contribution >= 4 is 17.3 Å². The van der Waals surface area contributed by atoms with Gasteiger partial charge < -0.3 is 24.8 Å². The summed E-state index contributed by atoms with van der Waals surface area (Å²) in [5.41, 5.74) is 1.57. The highest BCUT2D eigenvalue weighted by atomic mass is 16.7. The van der Waals surface area contributed by atoms with Gasteiger partial charge in [-0.05, 0) is 38.1 Å². The molecule has 0 saturated carbocycles. The summed E-state index contributed by atoms with van der Waals surface area (Å²) < 4.78 is 16.3. The van der Waals surface area contributed by atoms with E-state index in [4.69, 9.17) is 14.2 Å². The number of ether oxygens (including phenoxy) is 3. The van der Waals surface area contributed by atoms with Crippen LogP contribution in [0.2, 0.25) is 0 Å². The van der Waals surface area contributed by atoms with Crippen molar-refractivity contribution in [3.05, 3.63) is 42.5 Å². The maximum absolute atomic E-state index is 12.2. The number of hydrogen-bond donors (Lipinski definition) is 2. The second kappa shape index (κ2) is 7.79. The molecule has 1 heterocycles. The van der Waals surface area contributed by atoms with Gasteiger partial charge in [-0.3, -0.25) is 4.79 Å². The predicted molar refractivity (Wildman–Crippen MR) is 96.5 cm³/mol. The molecule has 2 N–H and O–H groups in total. The summed E-state index contributed by atoms with van der Waals surface area (Å²) in [6.07, 6.45) is 0.385. The van der Waals surface area contributed by atoms with Gasteiger partial charge in [0.25, 0.3) is 0 Å². The third-order valence-electron chi connectivity index (χ3n) is 3.58. The molecule has 1 aliphatic heterocycles. The number of fused-ring (bicyclic) bond motifs is 1. The number of anilines is 2. The monoisotopic (exact) mass is 342 g/mol. The summed E-state index contributed by atoms with van der Waals surface area (Å²) in [4.78, 5) is 12.2. The molecular weight excluding hydrogens is 320 g/mol. The molecule has 0 aliphatic carbocycles. The van der Waals surface area contributed by atoms with Gasteiger partial charge >= 0.3 is 0 Å². The molecule has 0 saturated heterocycles. The van der Waals surface area contributed by atoms with Crippen molar-refractivity contribution in [2.45, 2.75) is 26.4 Å². The minimum absolute atomic E-state index is 0.0470. The number of para-hydroxylation sites is 2. The number of rotatable bonds is 7. The summed E-state index contributed by atoms with van der Waals surface area (Å²) in [7, 11) is 0. The van der Waals surface area contributed by atoms with Crippen molar-refractivity contribution in [2.24, 2.45) is 0 Å². The van der Waals surface area contributed by atoms with Gasteiger partial charge in [-0.2, -0.15) is 0 Å². The van der Waals surface area contributed by atoms with Gasteiger partial charge in [-0.25, -0.2) is 0 Å². The molecule has 0 radical (unpaired) electrons. The van der Waals surface area contributed by atoms with Crippen LogP contribution in [-0.2, 0) is 4.79 Å². The fourth-order valence-corrected chi connectivity index (χ4v) is 2.47. The van der Waals surface area contributed by atoms with Crippen molar-refractivity contribution < 1.29 is 19.0 Å². The summed E-state index contributed by atoms with van der Waals surface area (Å²) in [5, 5.41) is 6.11. The molecule has 0 fully saturated rings. The Morgan fingerprint density at radius 1 is 1.16 bits per heavy atom. The maximum atomic E-state index is 12.2. The lowest BCUT2D eigenvalue weighted by Gasteiger charge is -2.15. The third-order valence-corrected chi connectivity index (χ3v) is 3.58. The molecule has 0 unspecified atom stereocenters. The van der Waals surface area contributed by atoms with E-state index in [0.29, 0.717) is 30.2 Å². The SMILES string of the molecule is CC(C)Oc1ccccc1NC(=O)CCNc1ccc2c(c1)OCO2. The second-order valence-corrected chi connectivity index (χ2v) is 5.96. The van der Waals surface area contributed by atoms with Gasteiger partial charge in [0.15, 0.2) is 11.5 Å². The highest BCUT2D eigenvalue weighted by Gasteiger charge is 2.13. The lowest BCUT2D eigenvalue weighted by atomic mass is 10.2. The standard InChI is InChI=1S/C19H22N2O4/c1-13(2)25-16-6-4-3-5-15(16)21-19(22)9-10-20-14-7-8-17-18(11-14)24-12-23-17/h3-8,11,13,20H,9-10,12H2,1-2H3,(H,21,22). The molecule has 6 nitrogen and oxygen atoms in total. The van der Waals surface area contributed by atoms with Crippen LogP contribution >= 0.6 is 0 Å². The minimum Gasteiger partial charge on any atom is -0.489 e. The Kier molecular flexibility index (Phi) is 5.28. The van der Waals surface area contributed by atoms with E-state index >= 15 is 0 Å². The van der Waals surface area contributed by atoms with E-state index in [1.165, 1.54) is 0 Å². The lowest BCUT2D eigenvalue weighted by Crippen LogP contribution is -2.17. The van der Waals surface area contributed by atoms with Crippen molar-refractivity contribution in [3.8, 4) is 17.2 Å². The van der Waals surface area contributed by atoms with Crippen LogP contribution in [0.3, 0.4) is 0 Å². The molecule has 2 aromatic rings. The van der Waals surface area contributed by atoms with Gasteiger partial charge in [-0.1, -0.05) is 12.1 Å². The van der Waals surface area contributed by atoms with E-state index in [1.807, 2.05) is 56.3 Å². The molecule has 0 atom stereocenters. The van der Waals surface area contributed by atoms with Crippen LogP contribution in [0.4, 0.5) is 11.4 Å². The van der Waals surface area contributed by atoms with E-state index in [-0.39, 0.29) is 18.8 Å². The van der Waals surface area contributed by atoms with Crippen LogP contribution in [-0.4, -0.2) is 25.3 Å². The van der Waals surface area contributed by atoms with Gasteiger partial charge in [0.2, 0.25) is 12.7 Å². The number of carbonyl (C=O) groups excluding carboxylic acids is 1. The van der Waals surface area contributed by atoms with Gasteiger partial charge in [0, 0.05) is 24.7 Å². The fraction of sp³-hybridized carbons (Fsp3) is 0.316. The first-order valence-electron chi connectivity index (χ1n) is 8.31. The van der Waals surface area contributed by atoms with E-state index in [1.54, 1.807) is 0 Å². The first kappa shape index (κ1) is 17.0. The zero-order chi connectivity index (χ0) is 17.6. The highest BCUT2D eigenvalue weighted by molar-refractivity contribution is 5.92. The molecule has 0 aromatic heterocycles. The topological polar surface area (TPSA) is 68.8 Å². The molecule has 1 amide bonds. The zero-order valence-electron chi connectivity index (χ0n) is 14.4. The minimum atomic E-state index is -0.0759. The highest BCUT2D eigenvalue weighted by Crippen LogP contribution is 2.34. The molecule has 25 heavy (non-hydrogen) atoms. The Morgan fingerprint density at radius 2 is 1.96 bits per heavy atom. The first-order valence-corrected chi connectivity index (χ1v) is 8.31. The normalized spacial score (nSPS) is 12.1. The molecule has 132 valence electrons. The van der Waals surface area contributed by atoms with E-state index in [2.05, 4.69) is 10.6 Å². The number of carbonyl (C=O) groups is 1. The Labute approximate surface area is 147 Å². The number of amides is 1. The van der Waals surface area contributed by atoms with Crippen LogP contribution in [0.1, 0.15) is 20.3 Å². The fourth-order valence-electron chi connectivity index (χ4n) is 2.47. The van der Waals surface area contributed by atoms with Crippen LogP contribution in [0.5, 0.6) is 17.2 Å². The number of nitrogens with one attached hydrogen (secondary N) is 2. The molecule has 2 aromatic carbocycles. The van der Waals surface area contributed by atoms with Crippen molar-refractivity contribution in [2.75, 3.05) is 24.0 Å². The Bertz CT molecular complexity index is 746. The van der Waals surface area contributed by atoms with Crippen LogP contribution in [0, 0.1) is 0 Å². The van der Waals surface area contributed by atoms with Crippen molar-refractivity contribution in [1.82, 2.24) is 0 Å². The summed E-state index contributed by atoms with van der Waals surface area (Å²) in [6, 6.07) is 13.1. The Morgan fingerprint density at radius 3 is 2.80 bits per heavy atom. The third kappa shape index (κ3) is 4.56. The van der Waals surface area contributed by atoms with Crippen molar-refractivity contribution in [3.63, 3.8) is 0 Å². The van der Waals surface area contributed by atoms with Crippen molar-refractivity contribution in [1.29, 1.82) is 0 Å². The second-order valence-electron chi connectivity index (χ2n) is 5.96. The zero-order valence-corrected chi connectivity index (χ0v) is 14.4. The summed E-state index contributed by atoms with van der Waals surface area (Å²) >= 11 is 0. The Hall–Kier alpha value is -2.89. The van der Waals surface area contributed by atoms with Crippen LogP contribution < -0.4 is 24.8 Å². The molecule has 3 rings (SSSR count). The average molecular weight is 342 g/mol. The van der Waals surface area contributed by atoms with Crippen LogP contribution in [0.15, 0.2) is 42.5 Å². The van der Waals surface area contributed by atoms with E-state index in [9.17, 15) is 4.79 Å². The first-order chi connectivity index (χ1) is 12.1. The van der Waals surface area contributed by atoms with E-state index in [0.717, 1.165) is 11.4 Å². The number of benzene rings is 2. The van der Waals surface area contributed by atoms with Gasteiger partial charge in [0.05, 0.1) is 11.8 Å². The number of hydrogen-bond acceptors (Lipinski definition) is 5. The maximum Gasteiger partial charge on any atom is 0.231 e. The van der Waals surface area contributed by atoms with Gasteiger partial charge in [-0.15, -0.1) is 0 Å². The average Bonchev–Trinajstić information content (AvgIpc) is 3.04.